The van der Waals surface area contributed by atoms with Gasteiger partial charge in [0.25, 0.3) is 5.91 Å². The molecule has 1 N–H and O–H groups in total. The summed E-state index contributed by atoms with van der Waals surface area (Å²) in [6, 6.07) is 21.5. The molecule has 0 aliphatic rings. The molecule has 0 spiro atoms. The van der Waals surface area contributed by atoms with Crippen molar-refractivity contribution in [3.63, 3.8) is 0 Å². The van der Waals surface area contributed by atoms with Gasteiger partial charge < -0.3 is 15.0 Å². The van der Waals surface area contributed by atoms with Crippen molar-refractivity contribution in [2.45, 2.75) is 39.8 Å². The van der Waals surface area contributed by atoms with Crippen LogP contribution in [0.15, 0.2) is 72.8 Å². The maximum Gasteiger partial charge on any atom is 0.261 e. The van der Waals surface area contributed by atoms with Gasteiger partial charge in [0.15, 0.2) is 6.61 Å². The van der Waals surface area contributed by atoms with Gasteiger partial charge in [0.05, 0.1) is 0 Å². The summed E-state index contributed by atoms with van der Waals surface area (Å²) < 4.78 is 5.82. The zero-order valence-electron chi connectivity index (χ0n) is 20.8. The highest BCUT2D eigenvalue weighted by atomic mass is 35.5. The third-order valence-electron chi connectivity index (χ3n) is 5.69. The van der Waals surface area contributed by atoms with E-state index in [9.17, 15) is 9.59 Å². The average Bonchev–Trinajstić information content (AvgIpc) is 2.86. The fourth-order valence-electron chi connectivity index (χ4n) is 3.74. The van der Waals surface area contributed by atoms with E-state index in [1.807, 2.05) is 63.2 Å². The summed E-state index contributed by atoms with van der Waals surface area (Å²) in [5.41, 5.74) is 2.64. The molecule has 3 rings (SSSR count). The molecule has 0 saturated carbocycles. The fourth-order valence-corrected chi connectivity index (χ4v) is 4.07. The molecule has 2 amide bonds. The van der Waals surface area contributed by atoms with Crippen molar-refractivity contribution < 1.29 is 14.3 Å². The van der Waals surface area contributed by atoms with E-state index in [1.165, 1.54) is 0 Å². The van der Waals surface area contributed by atoms with E-state index in [4.69, 9.17) is 27.9 Å². The van der Waals surface area contributed by atoms with Gasteiger partial charge in [-0.1, -0.05) is 79.5 Å². The first-order chi connectivity index (χ1) is 17.2. The summed E-state index contributed by atoms with van der Waals surface area (Å²) in [5.74, 6) is 0.310. The first-order valence-electron chi connectivity index (χ1n) is 12.0. The molecule has 0 bridgehead atoms. The quantitative estimate of drug-likeness (QED) is 0.328. The van der Waals surface area contributed by atoms with Gasteiger partial charge in [-0.15, -0.1) is 0 Å². The lowest BCUT2D eigenvalue weighted by Crippen LogP contribution is -2.52. The Morgan fingerprint density at radius 2 is 1.67 bits per heavy atom. The van der Waals surface area contributed by atoms with Crippen LogP contribution in [-0.4, -0.2) is 35.9 Å². The summed E-state index contributed by atoms with van der Waals surface area (Å²) in [5, 5.41) is 4.20. The van der Waals surface area contributed by atoms with Gasteiger partial charge in [0, 0.05) is 29.6 Å². The molecule has 0 heterocycles. The van der Waals surface area contributed by atoms with Gasteiger partial charge in [-0.2, -0.15) is 0 Å². The number of nitrogens with one attached hydrogen (secondary N) is 1. The van der Waals surface area contributed by atoms with Crippen LogP contribution in [0.2, 0.25) is 10.0 Å². The number of nitrogens with zero attached hydrogens (tertiary/aromatic N) is 1. The molecule has 1 atom stereocenters. The number of halogens is 2. The minimum absolute atomic E-state index is 0.203. The molecule has 3 aromatic carbocycles. The van der Waals surface area contributed by atoms with Crippen LogP contribution < -0.4 is 10.1 Å². The molecule has 190 valence electrons. The molecule has 0 radical (unpaired) electrons. The first kappa shape index (κ1) is 27.6. The fraction of sp³-hybridized carbons (Fsp3) is 0.310. The molecule has 0 fully saturated rings. The topological polar surface area (TPSA) is 58.6 Å². The van der Waals surface area contributed by atoms with Gasteiger partial charge in [0.2, 0.25) is 5.91 Å². The number of carbonyl (C=O) groups is 2. The Bertz CT molecular complexity index is 1170. The number of aryl methyl sites for hydroxylation is 1. The Morgan fingerprint density at radius 3 is 2.33 bits per heavy atom. The zero-order valence-corrected chi connectivity index (χ0v) is 22.4. The van der Waals surface area contributed by atoms with Crippen LogP contribution in [0.5, 0.6) is 5.75 Å². The number of benzene rings is 3. The van der Waals surface area contributed by atoms with E-state index in [2.05, 4.69) is 5.32 Å². The van der Waals surface area contributed by atoms with Gasteiger partial charge >= 0.3 is 0 Å². The van der Waals surface area contributed by atoms with Crippen molar-refractivity contribution in [3.05, 3.63) is 99.5 Å². The van der Waals surface area contributed by atoms with Crippen LogP contribution in [0.1, 0.15) is 30.5 Å². The smallest absolute Gasteiger partial charge is 0.261 e. The Labute approximate surface area is 223 Å². The number of hydrogen-bond acceptors (Lipinski definition) is 3. The van der Waals surface area contributed by atoms with Crippen molar-refractivity contribution in [2.24, 2.45) is 5.92 Å². The van der Waals surface area contributed by atoms with Gasteiger partial charge in [-0.3, -0.25) is 9.59 Å². The predicted molar refractivity (Wildman–Crippen MR) is 145 cm³/mol. The van der Waals surface area contributed by atoms with E-state index in [0.29, 0.717) is 28.8 Å². The molecular formula is C29H32Cl2N2O3. The minimum atomic E-state index is -0.729. The third kappa shape index (κ3) is 8.28. The molecular weight excluding hydrogens is 495 g/mol. The van der Waals surface area contributed by atoms with Crippen LogP contribution >= 0.6 is 23.2 Å². The monoisotopic (exact) mass is 526 g/mol. The molecule has 0 aliphatic heterocycles. The highest BCUT2D eigenvalue weighted by Crippen LogP contribution is 2.22. The zero-order chi connectivity index (χ0) is 26.1. The Kier molecular flexibility index (Phi) is 10.2. The lowest BCUT2D eigenvalue weighted by Gasteiger charge is -2.31. The van der Waals surface area contributed by atoms with Crippen molar-refractivity contribution in [2.75, 3.05) is 13.2 Å². The van der Waals surface area contributed by atoms with Crippen molar-refractivity contribution >= 4 is 35.0 Å². The number of ether oxygens (including phenoxy) is 1. The van der Waals surface area contributed by atoms with Gasteiger partial charge in [0.1, 0.15) is 11.8 Å². The lowest BCUT2D eigenvalue weighted by atomic mass is 10.0. The average molecular weight is 527 g/mol. The van der Waals surface area contributed by atoms with Crippen molar-refractivity contribution in [1.29, 1.82) is 0 Å². The maximum atomic E-state index is 13.6. The van der Waals surface area contributed by atoms with Gasteiger partial charge in [-0.25, -0.2) is 0 Å². The standard InChI is InChI=1S/C29H32Cl2N2O3/c1-20(2)17-32-29(35)27(16-22-8-5-4-6-9-22)33(18-23-10-7-11-24(30)15-23)28(34)19-36-25-12-13-26(31)21(3)14-25/h4-15,20,27H,16-19H2,1-3H3,(H,32,35)/t27-/m1/s1. The Balaban J connectivity index is 1.90. The van der Waals surface area contributed by atoms with E-state index >= 15 is 0 Å². The minimum Gasteiger partial charge on any atom is -0.484 e. The van der Waals surface area contributed by atoms with E-state index in [-0.39, 0.29) is 30.9 Å². The van der Waals surface area contributed by atoms with Crippen LogP contribution in [-0.2, 0) is 22.6 Å². The van der Waals surface area contributed by atoms with Gasteiger partial charge in [-0.05, 0) is 59.9 Å². The summed E-state index contributed by atoms with van der Waals surface area (Å²) >= 11 is 12.3. The van der Waals surface area contributed by atoms with Crippen LogP contribution in [0.25, 0.3) is 0 Å². The maximum absolute atomic E-state index is 13.6. The molecule has 7 heteroatoms. The first-order valence-corrected chi connectivity index (χ1v) is 12.7. The van der Waals surface area contributed by atoms with Crippen molar-refractivity contribution in [3.8, 4) is 5.75 Å². The van der Waals surface area contributed by atoms with E-state index in [1.54, 1.807) is 35.2 Å². The highest BCUT2D eigenvalue weighted by Gasteiger charge is 2.30. The highest BCUT2D eigenvalue weighted by molar-refractivity contribution is 6.31. The third-order valence-corrected chi connectivity index (χ3v) is 6.35. The van der Waals surface area contributed by atoms with E-state index in [0.717, 1.165) is 16.7 Å². The molecule has 5 nitrogen and oxygen atoms in total. The summed E-state index contributed by atoms with van der Waals surface area (Å²) in [6.45, 7) is 6.45. The second kappa shape index (κ2) is 13.3. The molecule has 0 unspecified atom stereocenters. The molecule has 3 aromatic rings. The Morgan fingerprint density at radius 1 is 0.944 bits per heavy atom. The Hall–Kier alpha value is -3.02. The number of amides is 2. The van der Waals surface area contributed by atoms with Crippen LogP contribution in [0, 0.1) is 12.8 Å². The number of rotatable bonds is 11. The summed E-state index contributed by atoms with van der Waals surface area (Å²) in [7, 11) is 0. The predicted octanol–water partition coefficient (Wildman–Crippen LogP) is 6.09. The largest absolute Gasteiger partial charge is 0.484 e. The normalized spacial score (nSPS) is 11.7. The second-order valence-electron chi connectivity index (χ2n) is 9.20. The SMILES string of the molecule is Cc1cc(OCC(=O)N(Cc2cccc(Cl)c2)[C@H](Cc2ccccc2)C(=O)NCC(C)C)ccc1Cl. The van der Waals surface area contributed by atoms with Crippen molar-refractivity contribution in [1.82, 2.24) is 10.2 Å². The molecule has 0 aromatic heterocycles. The number of hydrogen-bond donors (Lipinski definition) is 1. The summed E-state index contributed by atoms with van der Waals surface area (Å²) in [4.78, 5) is 28.6. The summed E-state index contributed by atoms with van der Waals surface area (Å²) in [6.07, 6.45) is 0.372. The second-order valence-corrected chi connectivity index (χ2v) is 10.0. The molecule has 0 saturated heterocycles. The molecule has 0 aliphatic carbocycles. The van der Waals surface area contributed by atoms with Crippen LogP contribution in [0.4, 0.5) is 0 Å². The van der Waals surface area contributed by atoms with Crippen LogP contribution in [0.3, 0.4) is 0 Å². The van der Waals surface area contributed by atoms with E-state index < -0.39 is 6.04 Å². The number of carbonyl (C=O) groups excluding carboxylic acids is 2. The molecule has 36 heavy (non-hydrogen) atoms. The lowest BCUT2D eigenvalue weighted by molar-refractivity contribution is -0.142.